The minimum Gasteiger partial charge on any atom is -0.468 e. The number of nitrogens with zero attached hydrogens (tertiary/aromatic N) is 2. The Morgan fingerprint density at radius 3 is 2.66 bits per heavy atom. The van der Waals surface area contributed by atoms with Crippen molar-refractivity contribution in [3.05, 3.63) is 54.7 Å². The van der Waals surface area contributed by atoms with Crippen LogP contribution in [0.3, 0.4) is 0 Å². The largest absolute Gasteiger partial charge is 0.468 e. The molecule has 0 fully saturated rings. The van der Waals surface area contributed by atoms with Crippen LogP contribution in [-0.4, -0.2) is 26.9 Å². The maximum Gasteiger partial charge on any atom is 0.349 e. The van der Waals surface area contributed by atoms with Crippen LogP contribution in [0.5, 0.6) is 5.75 Å². The molecule has 10 nitrogen and oxygen atoms in total. The average molecular weight is 419 g/mol. The molecule has 0 bridgehead atoms. The lowest BCUT2D eigenvalue weighted by molar-refractivity contribution is -0.120. The van der Waals surface area contributed by atoms with Crippen LogP contribution in [0.25, 0.3) is 5.69 Å². The van der Waals surface area contributed by atoms with Crippen LogP contribution in [0.15, 0.2) is 27.3 Å². The van der Waals surface area contributed by atoms with Crippen LogP contribution in [-0.2, 0) is 17.6 Å². The summed E-state index contributed by atoms with van der Waals surface area (Å²) < 4.78 is 7.05. The van der Waals surface area contributed by atoms with Crippen molar-refractivity contribution in [2.75, 3.05) is 5.73 Å². The van der Waals surface area contributed by atoms with Gasteiger partial charge in [0.05, 0.1) is 10.7 Å². The number of ether oxygens (including phenoxy) is 1. The molecule has 1 atom stereocenters. The number of aromatic nitrogens is 3. The number of aromatic amines is 1. The predicted octanol–water partition coefficient (Wildman–Crippen LogP) is 0.177. The molecule has 2 heterocycles. The highest BCUT2D eigenvalue weighted by Crippen LogP contribution is 2.42. The van der Waals surface area contributed by atoms with E-state index >= 15 is 0 Å². The van der Waals surface area contributed by atoms with Gasteiger partial charge in [-0.25, -0.2) is 4.79 Å². The highest BCUT2D eigenvalue weighted by Gasteiger charge is 2.30. The molecule has 1 unspecified atom stereocenters. The summed E-state index contributed by atoms with van der Waals surface area (Å²) in [5.74, 6) is -0.0132. The van der Waals surface area contributed by atoms with Gasteiger partial charge in [0.2, 0.25) is 5.82 Å². The van der Waals surface area contributed by atoms with Gasteiger partial charge >= 0.3 is 5.69 Å². The van der Waals surface area contributed by atoms with Crippen LogP contribution < -0.4 is 32.6 Å². The number of hydrazine groups is 1. The minimum absolute atomic E-state index is 0.0348. The molecule has 5 N–H and O–H groups in total. The Kier molecular flexibility index (Phi) is 4.67. The molecule has 2 aliphatic rings. The maximum atomic E-state index is 12.2. The number of rotatable bonds is 4. The van der Waals surface area contributed by atoms with Gasteiger partial charge in [-0.2, -0.15) is 10.1 Å². The molecular formula is C18H19ClN6O4. The van der Waals surface area contributed by atoms with Gasteiger partial charge in [0.25, 0.3) is 11.5 Å². The topological polar surface area (TPSA) is 144 Å². The summed E-state index contributed by atoms with van der Waals surface area (Å²) in [7, 11) is 0. The number of nitrogen functional groups attached to an aromatic ring is 1. The van der Waals surface area contributed by atoms with Gasteiger partial charge < -0.3 is 10.5 Å². The second-order valence-electron chi connectivity index (χ2n) is 7.13. The van der Waals surface area contributed by atoms with Crippen molar-refractivity contribution in [2.24, 2.45) is 5.92 Å². The summed E-state index contributed by atoms with van der Waals surface area (Å²) in [4.78, 5) is 37.7. The monoisotopic (exact) mass is 418 g/mol. The van der Waals surface area contributed by atoms with Crippen LogP contribution in [0, 0.1) is 5.92 Å². The molecule has 2 aromatic rings. The number of carbonyl (C=O) groups excluding carboxylic acids is 1. The van der Waals surface area contributed by atoms with Crippen LogP contribution in [0.2, 0.25) is 5.02 Å². The van der Waals surface area contributed by atoms with Crippen molar-refractivity contribution in [2.45, 2.75) is 32.9 Å². The van der Waals surface area contributed by atoms with E-state index in [1.807, 2.05) is 13.8 Å². The van der Waals surface area contributed by atoms with Crippen molar-refractivity contribution in [1.29, 1.82) is 0 Å². The number of anilines is 1. The first-order valence-corrected chi connectivity index (χ1v) is 9.42. The van der Waals surface area contributed by atoms with Crippen molar-refractivity contribution in [3.8, 4) is 11.4 Å². The predicted molar refractivity (Wildman–Crippen MR) is 106 cm³/mol. The zero-order valence-electron chi connectivity index (χ0n) is 15.7. The number of benzene rings is 1. The smallest absolute Gasteiger partial charge is 0.349 e. The van der Waals surface area contributed by atoms with Gasteiger partial charge in [-0.15, -0.1) is 5.10 Å². The molecule has 4 rings (SSSR count). The lowest BCUT2D eigenvalue weighted by atomic mass is 9.86. The Bertz CT molecular complexity index is 1170. The number of halogens is 1. The second-order valence-corrected chi connectivity index (χ2v) is 7.54. The van der Waals surface area contributed by atoms with Gasteiger partial charge in [0, 0.05) is 11.1 Å². The number of hydrogen-bond donors (Lipinski definition) is 4. The lowest BCUT2D eigenvalue weighted by Gasteiger charge is -2.30. The molecule has 0 radical (unpaired) electrons. The molecular weight excluding hydrogens is 400 g/mol. The van der Waals surface area contributed by atoms with E-state index in [0.717, 1.165) is 15.8 Å². The summed E-state index contributed by atoms with van der Waals surface area (Å²) in [5.41, 5.74) is 12.2. The van der Waals surface area contributed by atoms with Crippen molar-refractivity contribution in [3.63, 3.8) is 0 Å². The van der Waals surface area contributed by atoms with E-state index in [4.69, 9.17) is 22.1 Å². The number of hydrogen-bond acceptors (Lipinski definition) is 7. The summed E-state index contributed by atoms with van der Waals surface area (Å²) in [5, 5.41) is 4.15. The normalized spacial score (nSPS) is 18.0. The van der Waals surface area contributed by atoms with E-state index in [1.54, 1.807) is 12.1 Å². The third kappa shape index (κ3) is 3.30. The summed E-state index contributed by atoms with van der Waals surface area (Å²) in [6.45, 7) is 3.84. The van der Waals surface area contributed by atoms with Gasteiger partial charge in [-0.1, -0.05) is 25.4 Å². The molecule has 1 aromatic carbocycles. The molecule has 11 heteroatoms. The number of nitrogens with one attached hydrogen (secondary N) is 3. The molecule has 1 aliphatic heterocycles. The fourth-order valence-electron chi connectivity index (χ4n) is 3.35. The van der Waals surface area contributed by atoms with Gasteiger partial charge in [-0.05, 0) is 36.5 Å². The third-order valence-corrected chi connectivity index (χ3v) is 5.20. The first-order chi connectivity index (χ1) is 13.8. The van der Waals surface area contributed by atoms with Crippen molar-refractivity contribution < 1.29 is 9.53 Å². The fraction of sp³-hybridized carbons (Fsp3) is 0.333. The summed E-state index contributed by atoms with van der Waals surface area (Å²) in [6, 6.07) is 1.55. The van der Waals surface area contributed by atoms with E-state index in [0.29, 0.717) is 29.9 Å². The lowest BCUT2D eigenvalue weighted by Crippen LogP contribution is -2.51. The Balaban J connectivity index is 1.73. The van der Waals surface area contributed by atoms with Gasteiger partial charge in [-0.3, -0.25) is 20.0 Å². The van der Waals surface area contributed by atoms with E-state index in [1.165, 1.54) is 0 Å². The number of H-pyrrole nitrogens is 1. The molecule has 1 aromatic heterocycles. The minimum atomic E-state index is -0.741. The number of nitrogens with two attached hydrogens (primary N) is 1. The molecule has 1 amide bonds. The Morgan fingerprint density at radius 2 is 2.00 bits per heavy atom. The first kappa shape index (κ1) is 19.2. The van der Waals surface area contributed by atoms with Gasteiger partial charge in [0.15, 0.2) is 6.23 Å². The fourth-order valence-corrected chi connectivity index (χ4v) is 3.61. The summed E-state index contributed by atoms with van der Waals surface area (Å²) >= 11 is 6.45. The molecule has 0 spiro atoms. The van der Waals surface area contributed by atoms with Crippen LogP contribution in [0.4, 0.5) is 5.82 Å². The molecule has 29 heavy (non-hydrogen) atoms. The Labute approximate surface area is 169 Å². The molecule has 1 aliphatic carbocycles. The van der Waals surface area contributed by atoms with Crippen molar-refractivity contribution in [1.82, 2.24) is 25.6 Å². The Hall–Kier alpha value is -3.11. The number of amides is 1. The van der Waals surface area contributed by atoms with Gasteiger partial charge in [0.1, 0.15) is 5.75 Å². The molecule has 0 saturated heterocycles. The van der Waals surface area contributed by atoms with E-state index < -0.39 is 17.5 Å². The Morgan fingerprint density at radius 1 is 1.28 bits per heavy atom. The average Bonchev–Trinajstić information content (AvgIpc) is 2.63. The van der Waals surface area contributed by atoms with Crippen LogP contribution in [0.1, 0.15) is 25.0 Å². The third-order valence-electron chi connectivity index (χ3n) is 4.92. The second kappa shape index (κ2) is 7.05. The standard InChI is InChI=1S/C18H19ClN6O4/c1-7(2)10-5-13(22-23-16(10)26)29-14-9-4-3-8(9)12(6-11(14)19)25-18(28)21-17(27)15(20)24-25/h5-7,13,22H,3-4H2,1-2H3,(H2,20,24)(H,23,26)(H,21,27,28). The maximum absolute atomic E-state index is 12.2. The highest BCUT2D eigenvalue weighted by atomic mass is 35.5. The quantitative estimate of drug-likeness (QED) is 0.554. The number of carbonyl (C=O) groups is 1. The SMILES string of the molecule is CC(C)C1=CC(Oc2c(Cl)cc(-n3nc(N)c(=O)[nH]c3=O)c3c2CC3)NNC1=O. The zero-order valence-corrected chi connectivity index (χ0v) is 16.5. The number of fused-ring (bicyclic) bond motifs is 1. The van der Waals surface area contributed by atoms with E-state index in [-0.39, 0.29) is 22.7 Å². The highest BCUT2D eigenvalue weighted by molar-refractivity contribution is 6.32. The van der Waals surface area contributed by atoms with E-state index in [9.17, 15) is 14.4 Å². The zero-order chi connectivity index (χ0) is 20.9. The molecule has 152 valence electrons. The van der Waals surface area contributed by atoms with E-state index in [2.05, 4.69) is 20.9 Å². The molecule has 0 saturated carbocycles. The van der Waals surface area contributed by atoms with Crippen LogP contribution >= 0.6 is 11.6 Å². The summed E-state index contributed by atoms with van der Waals surface area (Å²) in [6.07, 6.45) is 2.51. The first-order valence-electron chi connectivity index (χ1n) is 9.04. The van der Waals surface area contributed by atoms with Crippen molar-refractivity contribution >= 4 is 23.3 Å².